The van der Waals surface area contributed by atoms with Gasteiger partial charge in [-0.3, -0.25) is 0 Å². The summed E-state index contributed by atoms with van der Waals surface area (Å²) in [5.74, 6) is -0.847. The zero-order valence-electron chi connectivity index (χ0n) is 6.11. The van der Waals surface area contributed by atoms with Crippen LogP contribution in [-0.2, 0) is 4.89 Å². The second-order valence-electron chi connectivity index (χ2n) is 1.74. The number of carbonyl (C=O) groups is 1. The van der Waals surface area contributed by atoms with Crippen molar-refractivity contribution in [3.05, 3.63) is 35.9 Å². The average Bonchev–Trinajstić information content (AvgIpc) is 2.05. The van der Waals surface area contributed by atoms with Crippen molar-refractivity contribution in [2.75, 3.05) is 0 Å². The van der Waals surface area contributed by atoms with Gasteiger partial charge in [-0.2, -0.15) is 0 Å². The van der Waals surface area contributed by atoms with E-state index in [1.54, 1.807) is 18.2 Å². The minimum atomic E-state index is -0.847. The molecule has 0 heterocycles. The van der Waals surface area contributed by atoms with Crippen LogP contribution in [0.3, 0.4) is 0 Å². The van der Waals surface area contributed by atoms with E-state index < -0.39 is 5.97 Å². The Kier molecular flexibility index (Phi) is 5.15. The van der Waals surface area contributed by atoms with Gasteiger partial charge in [0.1, 0.15) is 0 Å². The SMILES string of the molecule is O=C(O[O-])c1ccccc1.[Na+]. The van der Waals surface area contributed by atoms with Crippen LogP contribution in [0.25, 0.3) is 0 Å². The Hall–Kier alpha value is -0.350. The smallest absolute Gasteiger partial charge is 0.661 e. The average molecular weight is 160 g/mol. The van der Waals surface area contributed by atoms with Crippen LogP contribution in [0.1, 0.15) is 10.4 Å². The number of carbonyl (C=O) groups excluding carboxylic acids is 1. The van der Waals surface area contributed by atoms with Crippen LogP contribution >= 0.6 is 0 Å². The summed E-state index contributed by atoms with van der Waals surface area (Å²) in [4.78, 5) is 13.7. The van der Waals surface area contributed by atoms with Crippen LogP contribution in [0, 0.1) is 0 Å². The maximum Gasteiger partial charge on any atom is 1.00 e. The molecule has 1 rings (SSSR count). The van der Waals surface area contributed by atoms with Crippen LogP contribution in [0.15, 0.2) is 30.3 Å². The van der Waals surface area contributed by atoms with Gasteiger partial charge in [0.05, 0.1) is 5.56 Å². The van der Waals surface area contributed by atoms with Gasteiger partial charge in [0, 0.05) is 0 Å². The quantitative estimate of drug-likeness (QED) is 0.252. The number of benzene rings is 1. The predicted octanol–water partition coefficient (Wildman–Crippen LogP) is -2.88. The van der Waals surface area contributed by atoms with Crippen molar-refractivity contribution >= 4 is 5.97 Å². The molecule has 0 aromatic heterocycles. The summed E-state index contributed by atoms with van der Waals surface area (Å²) in [6.45, 7) is 0. The van der Waals surface area contributed by atoms with Crippen molar-refractivity contribution in [2.24, 2.45) is 0 Å². The Morgan fingerprint density at radius 1 is 1.27 bits per heavy atom. The molecule has 0 amide bonds. The van der Waals surface area contributed by atoms with E-state index in [0.29, 0.717) is 0 Å². The standard InChI is InChI=1S/C7H6O3.Na/c8-7(10-9)6-4-2-1-3-5-6;/h1-5,9H;/q;+1/p-1. The number of hydrogen-bond donors (Lipinski definition) is 0. The van der Waals surface area contributed by atoms with Crippen molar-refractivity contribution in [1.82, 2.24) is 0 Å². The first-order valence-electron chi connectivity index (χ1n) is 2.74. The third-order valence-electron chi connectivity index (χ3n) is 1.09. The normalized spacial score (nSPS) is 8.09. The molecule has 11 heavy (non-hydrogen) atoms. The molecule has 0 saturated heterocycles. The Bertz CT molecular complexity index is 222. The number of rotatable bonds is 1. The van der Waals surface area contributed by atoms with E-state index in [-0.39, 0.29) is 35.1 Å². The first-order chi connectivity index (χ1) is 4.84. The van der Waals surface area contributed by atoms with Gasteiger partial charge in [-0.15, -0.1) is 0 Å². The fourth-order valence-corrected chi connectivity index (χ4v) is 0.622. The Labute approximate surface area is 86.2 Å². The minimum Gasteiger partial charge on any atom is -0.661 e. The third-order valence-corrected chi connectivity index (χ3v) is 1.09. The summed E-state index contributed by atoms with van der Waals surface area (Å²) >= 11 is 0. The van der Waals surface area contributed by atoms with Crippen molar-refractivity contribution in [3.8, 4) is 0 Å². The molecule has 0 atom stereocenters. The largest absolute Gasteiger partial charge is 1.00 e. The Morgan fingerprint density at radius 2 is 1.82 bits per heavy atom. The van der Waals surface area contributed by atoms with E-state index in [1.165, 1.54) is 12.1 Å². The monoisotopic (exact) mass is 160 g/mol. The van der Waals surface area contributed by atoms with Gasteiger partial charge in [-0.05, 0) is 12.1 Å². The molecular weight excluding hydrogens is 155 g/mol. The molecule has 0 aliphatic carbocycles. The molecule has 0 aliphatic heterocycles. The fraction of sp³-hybridized carbons (Fsp3) is 0. The summed E-state index contributed by atoms with van der Waals surface area (Å²) in [7, 11) is 0. The van der Waals surface area contributed by atoms with Gasteiger partial charge in [-0.1, -0.05) is 18.2 Å². The molecule has 0 unspecified atom stereocenters. The third kappa shape index (κ3) is 3.03. The molecule has 0 spiro atoms. The zero-order valence-corrected chi connectivity index (χ0v) is 8.11. The van der Waals surface area contributed by atoms with Crippen LogP contribution in [-0.4, -0.2) is 5.97 Å². The van der Waals surface area contributed by atoms with Gasteiger partial charge < -0.3 is 10.1 Å². The van der Waals surface area contributed by atoms with Gasteiger partial charge in [0.2, 0.25) is 0 Å². The van der Waals surface area contributed by atoms with Crippen molar-refractivity contribution in [3.63, 3.8) is 0 Å². The summed E-state index contributed by atoms with van der Waals surface area (Å²) in [6.07, 6.45) is 0. The van der Waals surface area contributed by atoms with Crippen LogP contribution < -0.4 is 34.8 Å². The molecule has 52 valence electrons. The van der Waals surface area contributed by atoms with Gasteiger partial charge >= 0.3 is 35.5 Å². The molecule has 0 saturated carbocycles. The molecular formula is C7H5NaO3. The fourth-order valence-electron chi connectivity index (χ4n) is 0.622. The van der Waals surface area contributed by atoms with Crippen LogP contribution in [0.5, 0.6) is 0 Å². The van der Waals surface area contributed by atoms with E-state index in [0.717, 1.165) is 0 Å². The number of hydrogen-bond acceptors (Lipinski definition) is 3. The minimum absolute atomic E-state index is 0. The topological polar surface area (TPSA) is 49.4 Å². The van der Waals surface area contributed by atoms with Gasteiger partial charge in [0.25, 0.3) is 0 Å². The molecule has 4 heteroatoms. The molecule has 1 aromatic carbocycles. The first kappa shape index (κ1) is 10.7. The van der Waals surface area contributed by atoms with Crippen molar-refractivity contribution in [1.29, 1.82) is 0 Å². The molecule has 1 aromatic rings. The molecule has 0 radical (unpaired) electrons. The Balaban J connectivity index is 0.000001000. The van der Waals surface area contributed by atoms with E-state index in [9.17, 15) is 10.1 Å². The maximum absolute atomic E-state index is 10.5. The van der Waals surface area contributed by atoms with Crippen LogP contribution in [0.2, 0.25) is 0 Å². The molecule has 0 N–H and O–H groups in total. The summed E-state index contributed by atoms with van der Waals surface area (Å²) in [5, 5.41) is 9.58. The molecule has 3 nitrogen and oxygen atoms in total. The zero-order chi connectivity index (χ0) is 7.40. The molecule has 0 bridgehead atoms. The Morgan fingerprint density at radius 3 is 2.27 bits per heavy atom. The van der Waals surface area contributed by atoms with E-state index in [2.05, 4.69) is 4.89 Å². The second kappa shape index (κ2) is 5.32. The summed E-state index contributed by atoms with van der Waals surface area (Å²) < 4.78 is 0. The van der Waals surface area contributed by atoms with Crippen molar-refractivity contribution in [2.45, 2.75) is 0 Å². The summed E-state index contributed by atoms with van der Waals surface area (Å²) in [6, 6.07) is 8.10. The van der Waals surface area contributed by atoms with E-state index in [1.807, 2.05) is 0 Å². The second-order valence-corrected chi connectivity index (χ2v) is 1.74. The summed E-state index contributed by atoms with van der Waals surface area (Å²) in [5.41, 5.74) is 0.275. The predicted molar refractivity (Wildman–Crippen MR) is 31.9 cm³/mol. The molecule has 0 aliphatic rings. The van der Waals surface area contributed by atoms with Crippen LogP contribution in [0.4, 0.5) is 0 Å². The molecule has 0 fully saturated rings. The van der Waals surface area contributed by atoms with E-state index >= 15 is 0 Å². The van der Waals surface area contributed by atoms with Gasteiger partial charge in [0.15, 0.2) is 0 Å². The van der Waals surface area contributed by atoms with Gasteiger partial charge in [-0.25, -0.2) is 4.79 Å². The maximum atomic E-state index is 10.5. The first-order valence-corrected chi connectivity index (χ1v) is 2.74. The van der Waals surface area contributed by atoms with Crippen molar-refractivity contribution < 1.29 is 44.5 Å². The van der Waals surface area contributed by atoms with E-state index in [4.69, 9.17) is 0 Å².